The second kappa shape index (κ2) is 7.19. The number of aryl methyl sites for hydroxylation is 1. The lowest BCUT2D eigenvalue weighted by Crippen LogP contribution is -2.45. The van der Waals surface area contributed by atoms with Crippen LogP contribution in [-0.4, -0.2) is 63.7 Å². The third-order valence-electron chi connectivity index (χ3n) is 4.52. The van der Waals surface area contributed by atoms with Crippen molar-refractivity contribution in [3.63, 3.8) is 0 Å². The zero-order valence-corrected chi connectivity index (χ0v) is 15.6. The Kier molecular flexibility index (Phi) is 5.16. The van der Waals surface area contributed by atoms with Crippen LogP contribution in [0.5, 0.6) is 0 Å². The van der Waals surface area contributed by atoms with Crippen molar-refractivity contribution >= 4 is 10.2 Å². The third-order valence-corrected chi connectivity index (χ3v) is 6.43. The summed E-state index contributed by atoms with van der Waals surface area (Å²) in [7, 11) is 1.71. The maximum absolute atomic E-state index is 12.3. The summed E-state index contributed by atoms with van der Waals surface area (Å²) < 4.78 is 29.4. The van der Waals surface area contributed by atoms with Crippen molar-refractivity contribution in [2.75, 3.05) is 27.2 Å². The van der Waals surface area contributed by atoms with Crippen LogP contribution in [0.2, 0.25) is 0 Å². The fourth-order valence-corrected chi connectivity index (χ4v) is 4.34. The van der Waals surface area contributed by atoms with Gasteiger partial charge in [-0.15, -0.1) is 0 Å². The van der Waals surface area contributed by atoms with Crippen molar-refractivity contribution in [3.05, 3.63) is 30.5 Å². The van der Waals surface area contributed by atoms with E-state index in [1.165, 1.54) is 4.31 Å². The van der Waals surface area contributed by atoms with Gasteiger partial charge in [0.15, 0.2) is 5.82 Å². The van der Waals surface area contributed by atoms with Gasteiger partial charge in [0.1, 0.15) is 5.69 Å². The van der Waals surface area contributed by atoms with Gasteiger partial charge in [-0.2, -0.15) is 17.0 Å². The van der Waals surface area contributed by atoms with Crippen LogP contribution in [0, 0.1) is 5.92 Å². The number of hydrogen-bond acceptors (Lipinski definition) is 5. The summed E-state index contributed by atoms with van der Waals surface area (Å²) in [6.07, 6.45) is 9.70. The molecule has 0 amide bonds. The standard InChI is InChI=1S/C16H24N6O2S/c1-20(2)25(23,24)22-7-4-5-13(12-22)9-14-10-19-15(11-18-14)16-17-6-8-21(16)3/h6,8,10-11,13H,4-5,7,9,12H2,1-3H3/t13-/m0/s1. The van der Waals surface area contributed by atoms with Crippen LogP contribution in [0.3, 0.4) is 0 Å². The fraction of sp³-hybridized carbons (Fsp3) is 0.562. The van der Waals surface area contributed by atoms with Crippen molar-refractivity contribution in [1.82, 2.24) is 28.1 Å². The molecule has 1 saturated heterocycles. The number of hydrogen-bond donors (Lipinski definition) is 0. The molecule has 25 heavy (non-hydrogen) atoms. The van der Waals surface area contributed by atoms with Gasteiger partial charge in [-0.25, -0.2) is 9.97 Å². The van der Waals surface area contributed by atoms with E-state index in [0.717, 1.165) is 36.5 Å². The first-order valence-electron chi connectivity index (χ1n) is 8.34. The summed E-state index contributed by atoms with van der Waals surface area (Å²) in [5, 5.41) is 0. The monoisotopic (exact) mass is 364 g/mol. The quantitative estimate of drug-likeness (QED) is 0.788. The predicted molar refractivity (Wildman–Crippen MR) is 94.8 cm³/mol. The van der Waals surface area contributed by atoms with Gasteiger partial charge in [0, 0.05) is 52.8 Å². The van der Waals surface area contributed by atoms with Crippen LogP contribution in [0.1, 0.15) is 18.5 Å². The molecule has 1 atom stereocenters. The maximum atomic E-state index is 12.3. The summed E-state index contributed by atoms with van der Waals surface area (Å²) in [5.74, 6) is 1.04. The van der Waals surface area contributed by atoms with Gasteiger partial charge in [-0.3, -0.25) is 4.98 Å². The number of nitrogens with zero attached hydrogens (tertiary/aromatic N) is 6. The Bertz CT molecular complexity index is 815. The first-order chi connectivity index (χ1) is 11.9. The Balaban J connectivity index is 1.67. The number of aromatic nitrogens is 4. The topological polar surface area (TPSA) is 84.2 Å². The molecule has 0 aromatic carbocycles. The molecule has 1 aliphatic rings. The normalized spacial score (nSPS) is 19.4. The molecule has 0 aliphatic carbocycles. The first kappa shape index (κ1) is 18.0. The summed E-state index contributed by atoms with van der Waals surface area (Å²) in [5.41, 5.74) is 1.61. The van der Waals surface area contributed by atoms with E-state index in [0.29, 0.717) is 13.1 Å². The second-order valence-corrected chi connectivity index (χ2v) is 8.76. The van der Waals surface area contributed by atoms with Crippen LogP contribution in [-0.2, 0) is 23.7 Å². The number of imidazole rings is 1. The Morgan fingerprint density at radius 3 is 2.64 bits per heavy atom. The average molecular weight is 364 g/mol. The van der Waals surface area contributed by atoms with Crippen LogP contribution >= 0.6 is 0 Å². The Morgan fingerprint density at radius 1 is 1.24 bits per heavy atom. The minimum atomic E-state index is -3.35. The Hall–Kier alpha value is -1.84. The molecule has 9 heteroatoms. The molecule has 0 saturated carbocycles. The van der Waals surface area contributed by atoms with E-state index >= 15 is 0 Å². The molecule has 136 valence electrons. The molecule has 0 unspecified atom stereocenters. The van der Waals surface area contributed by atoms with Crippen LogP contribution in [0.4, 0.5) is 0 Å². The molecule has 0 bridgehead atoms. The van der Waals surface area contributed by atoms with Crippen molar-refractivity contribution < 1.29 is 8.42 Å². The molecule has 3 heterocycles. The van der Waals surface area contributed by atoms with E-state index in [-0.39, 0.29) is 5.92 Å². The van der Waals surface area contributed by atoms with E-state index in [4.69, 9.17) is 0 Å². The number of piperidine rings is 1. The SMILES string of the molecule is CN(C)S(=O)(=O)N1CCC[C@@H](Cc2cnc(-c3nccn3C)cn2)C1. The summed E-state index contributed by atoms with van der Waals surface area (Å²) in [6, 6.07) is 0. The van der Waals surface area contributed by atoms with Crippen LogP contribution in [0.15, 0.2) is 24.8 Å². The molecular formula is C16H24N6O2S. The highest BCUT2D eigenvalue weighted by atomic mass is 32.2. The van der Waals surface area contributed by atoms with E-state index in [2.05, 4.69) is 15.0 Å². The molecule has 0 N–H and O–H groups in total. The molecule has 8 nitrogen and oxygen atoms in total. The molecule has 1 fully saturated rings. The third kappa shape index (κ3) is 3.88. The van der Waals surface area contributed by atoms with Gasteiger partial charge < -0.3 is 4.57 Å². The lowest BCUT2D eigenvalue weighted by Gasteiger charge is -2.33. The second-order valence-electron chi connectivity index (χ2n) is 6.62. The van der Waals surface area contributed by atoms with Crippen molar-refractivity contribution in [2.45, 2.75) is 19.3 Å². The van der Waals surface area contributed by atoms with Crippen molar-refractivity contribution in [1.29, 1.82) is 0 Å². The summed E-state index contributed by atoms with van der Waals surface area (Å²) >= 11 is 0. The largest absolute Gasteiger partial charge is 0.333 e. The van der Waals surface area contributed by atoms with Crippen LogP contribution < -0.4 is 0 Å². The summed E-state index contributed by atoms with van der Waals surface area (Å²) in [6.45, 7) is 1.12. The molecule has 1 aliphatic heterocycles. The summed E-state index contributed by atoms with van der Waals surface area (Å²) in [4.78, 5) is 13.2. The lowest BCUT2D eigenvalue weighted by molar-refractivity contribution is 0.253. The fourth-order valence-electron chi connectivity index (χ4n) is 3.12. The van der Waals surface area contributed by atoms with E-state index in [1.54, 1.807) is 37.0 Å². The Morgan fingerprint density at radius 2 is 2.04 bits per heavy atom. The zero-order valence-electron chi connectivity index (χ0n) is 14.8. The molecular weight excluding hydrogens is 340 g/mol. The molecule has 0 spiro atoms. The van der Waals surface area contributed by atoms with Gasteiger partial charge in [0.2, 0.25) is 0 Å². The highest BCUT2D eigenvalue weighted by Crippen LogP contribution is 2.23. The highest BCUT2D eigenvalue weighted by molar-refractivity contribution is 7.86. The van der Waals surface area contributed by atoms with E-state index < -0.39 is 10.2 Å². The molecule has 2 aromatic rings. The van der Waals surface area contributed by atoms with E-state index in [9.17, 15) is 8.42 Å². The lowest BCUT2D eigenvalue weighted by atomic mass is 9.95. The van der Waals surface area contributed by atoms with E-state index in [1.807, 2.05) is 17.8 Å². The number of rotatable bonds is 5. The van der Waals surface area contributed by atoms with Gasteiger partial charge >= 0.3 is 0 Å². The van der Waals surface area contributed by atoms with Crippen LogP contribution in [0.25, 0.3) is 11.5 Å². The smallest absolute Gasteiger partial charge is 0.281 e. The van der Waals surface area contributed by atoms with Crippen molar-refractivity contribution in [3.8, 4) is 11.5 Å². The van der Waals surface area contributed by atoms with Gasteiger partial charge in [-0.05, 0) is 25.2 Å². The van der Waals surface area contributed by atoms with Gasteiger partial charge in [-0.1, -0.05) is 0 Å². The van der Waals surface area contributed by atoms with Gasteiger partial charge in [0.25, 0.3) is 10.2 Å². The minimum Gasteiger partial charge on any atom is -0.333 e. The molecule has 3 rings (SSSR count). The zero-order chi connectivity index (χ0) is 18.0. The maximum Gasteiger partial charge on any atom is 0.281 e. The van der Waals surface area contributed by atoms with Gasteiger partial charge in [0.05, 0.1) is 11.9 Å². The average Bonchev–Trinajstić information content (AvgIpc) is 3.02. The molecule has 2 aromatic heterocycles. The first-order valence-corrected chi connectivity index (χ1v) is 9.74. The Labute approximate surface area is 148 Å². The highest BCUT2D eigenvalue weighted by Gasteiger charge is 2.30. The van der Waals surface area contributed by atoms with Crippen molar-refractivity contribution in [2.24, 2.45) is 13.0 Å². The minimum absolute atomic E-state index is 0.261. The molecule has 0 radical (unpaired) electrons. The predicted octanol–water partition coefficient (Wildman–Crippen LogP) is 0.938.